The maximum absolute atomic E-state index is 3.95. The number of hydrogen-bond donors (Lipinski definition) is 1. The van der Waals surface area contributed by atoms with Crippen LogP contribution in [0.25, 0.3) is 0 Å². The first-order valence-corrected chi connectivity index (χ1v) is 7.75. The van der Waals surface area contributed by atoms with Crippen LogP contribution in [0.5, 0.6) is 0 Å². The lowest BCUT2D eigenvalue weighted by Gasteiger charge is -2.46. The smallest absolute Gasteiger partial charge is 0.0415 e. The van der Waals surface area contributed by atoms with Crippen molar-refractivity contribution < 1.29 is 0 Å². The third-order valence-corrected chi connectivity index (χ3v) is 4.98. The van der Waals surface area contributed by atoms with Gasteiger partial charge >= 0.3 is 0 Å². The fraction of sp³-hybridized carbons (Fsp3) is 0.556. The molecule has 1 spiro atoms. The summed E-state index contributed by atoms with van der Waals surface area (Å²) in [6, 6.07) is 6.76. The zero-order valence-electron chi connectivity index (χ0n) is 12.0. The summed E-state index contributed by atoms with van der Waals surface area (Å²) in [5.74, 6) is 0.680. The first kappa shape index (κ1) is 12.8. The number of anilines is 1. The van der Waals surface area contributed by atoms with E-state index in [4.69, 9.17) is 0 Å². The molecule has 19 heavy (non-hydrogen) atoms. The summed E-state index contributed by atoms with van der Waals surface area (Å²) < 4.78 is 0. The highest BCUT2D eigenvalue weighted by Crippen LogP contribution is 2.46. The Morgan fingerprint density at radius 3 is 2.84 bits per heavy atom. The van der Waals surface area contributed by atoms with Crippen molar-refractivity contribution in [1.29, 1.82) is 0 Å². The topological polar surface area (TPSA) is 12.0 Å². The number of fused-ring (bicyclic) bond motifs is 1. The molecular formula is C18H25N. The van der Waals surface area contributed by atoms with E-state index in [-0.39, 0.29) is 0 Å². The van der Waals surface area contributed by atoms with Crippen LogP contribution in [0, 0.1) is 0 Å². The van der Waals surface area contributed by atoms with Gasteiger partial charge in [-0.25, -0.2) is 0 Å². The first-order valence-electron chi connectivity index (χ1n) is 7.75. The van der Waals surface area contributed by atoms with Gasteiger partial charge in [-0.15, -0.1) is 6.58 Å². The Morgan fingerprint density at radius 1 is 1.32 bits per heavy atom. The van der Waals surface area contributed by atoms with Gasteiger partial charge in [0.05, 0.1) is 0 Å². The Labute approximate surface area is 117 Å². The largest absolute Gasteiger partial charge is 0.379 e. The molecule has 0 aromatic heterocycles. The van der Waals surface area contributed by atoms with Gasteiger partial charge in [0, 0.05) is 11.2 Å². The van der Waals surface area contributed by atoms with E-state index in [9.17, 15) is 0 Å². The number of para-hydroxylation sites is 1. The summed E-state index contributed by atoms with van der Waals surface area (Å²) in [4.78, 5) is 0. The van der Waals surface area contributed by atoms with Gasteiger partial charge in [0.2, 0.25) is 0 Å². The molecule has 1 aliphatic heterocycles. The molecule has 1 fully saturated rings. The van der Waals surface area contributed by atoms with Gasteiger partial charge < -0.3 is 5.32 Å². The number of hydrogen-bond acceptors (Lipinski definition) is 1. The summed E-state index contributed by atoms with van der Waals surface area (Å²) in [6.45, 7) is 6.30. The number of nitrogens with one attached hydrogen (secondary N) is 1. The standard InChI is InChI=1S/C18H25N/c1-3-8-15-9-7-10-16-14(2)13-18(19-17(15)16)11-5-4-6-12-18/h3,7,9-10,14,19H,1,4-6,8,11-13H2,2H3. The van der Waals surface area contributed by atoms with E-state index >= 15 is 0 Å². The quantitative estimate of drug-likeness (QED) is 0.730. The Balaban J connectivity index is 1.98. The number of allylic oxidation sites excluding steroid dienone is 1. The molecule has 0 radical (unpaired) electrons. The van der Waals surface area contributed by atoms with Gasteiger partial charge in [-0.3, -0.25) is 0 Å². The molecule has 0 bridgehead atoms. The second-order valence-electron chi connectivity index (χ2n) is 6.45. The molecule has 1 atom stereocenters. The van der Waals surface area contributed by atoms with Crippen LogP contribution in [0.4, 0.5) is 5.69 Å². The summed E-state index contributed by atoms with van der Waals surface area (Å²) in [7, 11) is 0. The van der Waals surface area contributed by atoms with Gasteiger partial charge in [0.15, 0.2) is 0 Å². The molecule has 2 aliphatic rings. The van der Waals surface area contributed by atoms with Crippen molar-refractivity contribution in [3.8, 4) is 0 Å². The maximum Gasteiger partial charge on any atom is 0.0415 e. The number of rotatable bonds is 2. The molecule has 1 heteroatoms. The van der Waals surface area contributed by atoms with Crippen LogP contribution in [0.3, 0.4) is 0 Å². The molecule has 0 amide bonds. The van der Waals surface area contributed by atoms with E-state index in [0.29, 0.717) is 11.5 Å². The van der Waals surface area contributed by atoms with Crippen LogP contribution in [0.2, 0.25) is 0 Å². The van der Waals surface area contributed by atoms with Crippen LogP contribution in [0.15, 0.2) is 30.9 Å². The third-order valence-electron chi connectivity index (χ3n) is 4.98. The van der Waals surface area contributed by atoms with E-state index in [1.54, 1.807) is 0 Å². The van der Waals surface area contributed by atoms with E-state index in [1.165, 1.54) is 55.3 Å². The summed E-state index contributed by atoms with van der Waals surface area (Å²) >= 11 is 0. The van der Waals surface area contributed by atoms with Crippen LogP contribution >= 0.6 is 0 Å². The highest BCUT2D eigenvalue weighted by molar-refractivity contribution is 5.63. The van der Waals surface area contributed by atoms with Crippen molar-refractivity contribution in [2.24, 2.45) is 0 Å². The second-order valence-corrected chi connectivity index (χ2v) is 6.45. The molecule has 1 N–H and O–H groups in total. The molecule has 1 saturated carbocycles. The third kappa shape index (κ3) is 2.31. The van der Waals surface area contributed by atoms with Crippen molar-refractivity contribution >= 4 is 5.69 Å². The van der Waals surface area contributed by atoms with Gasteiger partial charge in [-0.1, -0.05) is 50.5 Å². The average molecular weight is 255 g/mol. The first-order chi connectivity index (χ1) is 9.24. The Morgan fingerprint density at radius 2 is 2.11 bits per heavy atom. The van der Waals surface area contributed by atoms with Crippen molar-refractivity contribution in [3.63, 3.8) is 0 Å². The second kappa shape index (κ2) is 5.03. The molecule has 102 valence electrons. The SMILES string of the molecule is C=CCc1cccc2c1NC1(CCCCC1)CC2C. The number of benzene rings is 1. The highest BCUT2D eigenvalue weighted by Gasteiger charge is 2.38. The molecule has 1 aliphatic carbocycles. The van der Waals surface area contributed by atoms with Crippen molar-refractivity contribution in [1.82, 2.24) is 0 Å². The highest BCUT2D eigenvalue weighted by atomic mass is 15.0. The van der Waals surface area contributed by atoms with E-state index in [1.807, 2.05) is 6.08 Å². The van der Waals surface area contributed by atoms with Crippen LogP contribution in [-0.2, 0) is 6.42 Å². The molecule has 1 aromatic carbocycles. The Kier molecular flexibility index (Phi) is 3.38. The van der Waals surface area contributed by atoms with E-state index in [2.05, 4.69) is 37.0 Å². The molecule has 0 saturated heterocycles. The lowest BCUT2D eigenvalue weighted by molar-refractivity contribution is 0.281. The molecular weight excluding hydrogens is 230 g/mol. The molecule has 1 unspecified atom stereocenters. The van der Waals surface area contributed by atoms with Crippen molar-refractivity contribution in [2.75, 3.05) is 5.32 Å². The van der Waals surface area contributed by atoms with Crippen LogP contribution in [0.1, 0.15) is 62.5 Å². The Bertz CT molecular complexity index is 469. The molecule has 1 heterocycles. The lowest BCUT2D eigenvalue weighted by atomic mass is 9.71. The zero-order chi connectivity index (χ0) is 13.3. The van der Waals surface area contributed by atoms with Gasteiger partial charge in [0.25, 0.3) is 0 Å². The predicted octanol–water partition coefficient (Wildman–Crippen LogP) is 5.04. The van der Waals surface area contributed by atoms with Crippen LogP contribution < -0.4 is 5.32 Å². The molecule has 3 rings (SSSR count). The fourth-order valence-corrected chi connectivity index (χ4v) is 4.08. The van der Waals surface area contributed by atoms with Crippen LogP contribution in [-0.4, -0.2) is 5.54 Å². The minimum Gasteiger partial charge on any atom is -0.379 e. The Hall–Kier alpha value is -1.24. The summed E-state index contributed by atoms with van der Waals surface area (Å²) in [5, 5.41) is 3.95. The van der Waals surface area contributed by atoms with E-state index < -0.39 is 0 Å². The minimum absolute atomic E-state index is 0.377. The van der Waals surface area contributed by atoms with Crippen molar-refractivity contribution in [2.45, 2.75) is 63.3 Å². The maximum atomic E-state index is 3.95. The molecule has 1 nitrogen and oxygen atoms in total. The van der Waals surface area contributed by atoms with Gasteiger partial charge in [0.1, 0.15) is 0 Å². The van der Waals surface area contributed by atoms with Gasteiger partial charge in [-0.2, -0.15) is 0 Å². The lowest BCUT2D eigenvalue weighted by Crippen LogP contribution is -2.44. The predicted molar refractivity (Wildman–Crippen MR) is 82.8 cm³/mol. The normalized spacial score (nSPS) is 24.6. The minimum atomic E-state index is 0.377. The summed E-state index contributed by atoms with van der Waals surface area (Å²) in [5.41, 5.74) is 4.73. The van der Waals surface area contributed by atoms with Crippen molar-refractivity contribution in [3.05, 3.63) is 42.0 Å². The van der Waals surface area contributed by atoms with Gasteiger partial charge in [-0.05, 0) is 42.7 Å². The zero-order valence-corrected chi connectivity index (χ0v) is 12.0. The van der Waals surface area contributed by atoms with E-state index in [0.717, 1.165) is 6.42 Å². The molecule has 1 aromatic rings. The summed E-state index contributed by atoms with van der Waals surface area (Å²) in [6.07, 6.45) is 11.2. The average Bonchev–Trinajstić information content (AvgIpc) is 2.41. The monoisotopic (exact) mass is 255 g/mol. The fourth-order valence-electron chi connectivity index (χ4n) is 4.08.